The van der Waals surface area contributed by atoms with Crippen molar-refractivity contribution in [3.8, 4) is 5.88 Å². The van der Waals surface area contributed by atoms with Gasteiger partial charge in [0.25, 0.3) is 0 Å². The average Bonchev–Trinajstić information content (AvgIpc) is 2.41. The third-order valence-corrected chi connectivity index (χ3v) is 2.89. The molecule has 0 unspecified atom stereocenters. The topological polar surface area (TPSA) is 67.4 Å². The molecular weight excluding hydrogens is 232 g/mol. The number of ether oxygens (including phenoxy) is 1. The van der Waals surface area contributed by atoms with Gasteiger partial charge < -0.3 is 15.0 Å². The fourth-order valence-electron chi connectivity index (χ4n) is 1.96. The van der Waals surface area contributed by atoms with Crippen molar-refractivity contribution in [3.63, 3.8) is 0 Å². The minimum atomic E-state index is 0.00968. The second-order valence-electron chi connectivity index (χ2n) is 4.20. The third kappa shape index (κ3) is 3.32. The van der Waals surface area contributed by atoms with E-state index in [0.717, 1.165) is 25.9 Å². The smallest absolute Gasteiger partial charge is 0.317 e. The lowest BCUT2D eigenvalue weighted by molar-refractivity contribution is 0.107. The van der Waals surface area contributed by atoms with Gasteiger partial charge in [0.05, 0.1) is 0 Å². The molecule has 0 saturated carbocycles. The number of nitrogens with zero attached hydrogens (tertiary/aromatic N) is 3. The molecule has 98 valence electrons. The predicted molar refractivity (Wildman–Crippen MR) is 66.3 cm³/mol. The van der Waals surface area contributed by atoms with Crippen LogP contribution in [0.2, 0.25) is 0 Å². The van der Waals surface area contributed by atoms with E-state index in [9.17, 15) is 4.79 Å². The minimum absolute atomic E-state index is 0.00968. The first kappa shape index (κ1) is 12.6. The van der Waals surface area contributed by atoms with E-state index in [4.69, 9.17) is 4.74 Å². The van der Waals surface area contributed by atoms with Crippen molar-refractivity contribution in [2.45, 2.75) is 25.9 Å². The number of rotatable bonds is 3. The van der Waals surface area contributed by atoms with Gasteiger partial charge in [-0.05, 0) is 13.0 Å². The molecule has 1 aliphatic heterocycles. The molecule has 1 fully saturated rings. The van der Waals surface area contributed by atoms with Crippen LogP contribution >= 0.6 is 0 Å². The lowest BCUT2D eigenvalue weighted by Crippen LogP contribution is -2.46. The van der Waals surface area contributed by atoms with Crippen LogP contribution in [0.3, 0.4) is 0 Å². The zero-order valence-corrected chi connectivity index (χ0v) is 10.5. The Morgan fingerprint density at radius 1 is 1.56 bits per heavy atom. The Hall–Kier alpha value is -1.85. The van der Waals surface area contributed by atoms with Crippen molar-refractivity contribution < 1.29 is 9.53 Å². The van der Waals surface area contributed by atoms with E-state index >= 15 is 0 Å². The van der Waals surface area contributed by atoms with Gasteiger partial charge in [-0.2, -0.15) is 5.10 Å². The number of likely N-dealkylation sites (tertiary alicyclic amines) is 1. The summed E-state index contributed by atoms with van der Waals surface area (Å²) in [7, 11) is 0. The van der Waals surface area contributed by atoms with Crippen LogP contribution in [0, 0.1) is 0 Å². The van der Waals surface area contributed by atoms with Crippen molar-refractivity contribution >= 4 is 6.03 Å². The van der Waals surface area contributed by atoms with E-state index in [0.29, 0.717) is 12.4 Å². The van der Waals surface area contributed by atoms with Gasteiger partial charge in [-0.1, -0.05) is 0 Å². The van der Waals surface area contributed by atoms with Crippen LogP contribution in [0.15, 0.2) is 18.3 Å². The zero-order chi connectivity index (χ0) is 12.8. The number of urea groups is 1. The van der Waals surface area contributed by atoms with Crippen molar-refractivity contribution in [1.29, 1.82) is 0 Å². The van der Waals surface area contributed by atoms with Gasteiger partial charge in [0.15, 0.2) is 0 Å². The molecule has 0 bridgehead atoms. The number of aromatic nitrogens is 2. The molecule has 0 aromatic carbocycles. The first-order chi connectivity index (χ1) is 8.79. The van der Waals surface area contributed by atoms with Crippen LogP contribution in [-0.2, 0) is 0 Å². The molecule has 18 heavy (non-hydrogen) atoms. The maximum absolute atomic E-state index is 11.6. The molecule has 6 nitrogen and oxygen atoms in total. The van der Waals surface area contributed by atoms with Crippen LogP contribution in [0.4, 0.5) is 4.79 Å². The van der Waals surface area contributed by atoms with Crippen LogP contribution in [0.5, 0.6) is 5.88 Å². The second kappa shape index (κ2) is 6.18. The van der Waals surface area contributed by atoms with E-state index in [-0.39, 0.29) is 12.1 Å². The number of piperidine rings is 1. The molecule has 0 aliphatic carbocycles. The number of amides is 2. The largest absolute Gasteiger partial charge is 0.473 e. The molecule has 6 heteroatoms. The van der Waals surface area contributed by atoms with Crippen molar-refractivity contribution in [3.05, 3.63) is 18.3 Å². The molecule has 2 rings (SSSR count). The van der Waals surface area contributed by atoms with E-state index < -0.39 is 0 Å². The average molecular weight is 250 g/mol. The van der Waals surface area contributed by atoms with Crippen LogP contribution in [0.25, 0.3) is 0 Å². The molecule has 1 aromatic rings. The quantitative estimate of drug-likeness (QED) is 0.870. The number of carbonyl (C=O) groups excluding carboxylic acids is 1. The summed E-state index contributed by atoms with van der Waals surface area (Å²) in [4.78, 5) is 13.4. The lowest BCUT2D eigenvalue weighted by Gasteiger charge is -2.31. The Balaban J connectivity index is 1.78. The molecule has 1 aromatic heterocycles. The van der Waals surface area contributed by atoms with Crippen molar-refractivity contribution in [2.75, 3.05) is 19.6 Å². The highest BCUT2D eigenvalue weighted by molar-refractivity contribution is 5.74. The summed E-state index contributed by atoms with van der Waals surface area (Å²) < 4.78 is 5.71. The Morgan fingerprint density at radius 3 is 2.94 bits per heavy atom. The maximum Gasteiger partial charge on any atom is 0.317 e. The monoisotopic (exact) mass is 250 g/mol. The van der Waals surface area contributed by atoms with Gasteiger partial charge in [-0.25, -0.2) is 4.79 Å². The molecule has 0 spiro atoms. The molecule has 0 atom stereocenters. The molecule has 1 aliphatic rings. The Bertz CT molecular complexity index is 377. The van der Waals surface area contributed by atoms with Gasteiger partial charge in [-0.15, -0.1) is 5.10 Å². The fraction of sp³-hybridized carbons (Fsp3) is 0.583. The molecule has 2 heterocycles. The number of hydrogen-bond donors (Lipinski definition) is 1. The van der Waals surface area contributed by atoms with Gasteiger partial charge >= 0.3 is 6.03 Å². The normalized spacial score (nSPS) is 16.4. The van der Waals surface area contributed by atoms with Crippen LogP contribution in [0.1, 0.15) is 19.8 Å². The van der Waals surface area contributed by atoms with Crippen LogP contribution < -0.4 is 10.1 Å². The highest BCUT2D eigenvalue weighted by Crippen LogP contribution is 2.16. The van der Waals surface area contributed by atoms with Gasteiger partial charge in [-0.3, -0.25) is 0 Å². The lowest BCUT2D eigenvalue weighted by atomic mass is 10.1. The Kier molecular flexibility index (Phi) is 4.33. The fourth-order valence-corrected chi connectivity index (χ4v) is 1.96. The highest BCUT2D eigenvalue weighted by Gasteiger charge is 2.23. The van der Waals surface area contributed by atoms with E-state index in [2.05, 4.69) is 15.5 Å². The van der Waals surface area contributed by atoms with Crippen molar-refractivity contribution in [2.24, 2.45) is 0 Å². The summed E-state index contributed by atoms with van der Waals surface area (Å²) in [6.45, 7) is 4.02. The summed E-state index contributed by atoms with van der Waals surface area (Å²) in [5, 5.41) is 10.5. The van der Waals surface area contributed by atoms with E-state index in [1.807, 2.05) is 11.8 Å². The van der Waals surface area contributed by atoms with Crippen LogP contribution in [-0.4, -0.2) is 46.9 Å². The van der Waals surface area contributed by atoms with Gasteiger partial charge in [0.2, 0.25) is 5.88 Å². The highest BCUT2D eigenvalue weighted by atomic mass is 16.5. The number of hydrogen-bond acceptors (Lipinski definition) is 4. The number of carbonyl (C=O) groups is 1. The summed E-state index contributed by atoms with van der Waals surface area (Å²) in [6, 6.07) is 3.60. The third-order valence-electron chi connectivity index (χ3n) is 2.89. The number of nitrogens with one attached hydrogen (secondary N) is 1. The Labute approximate surface area is 106 Å². The SMILES string of the molecule is CCNC(=O)N1CCC(Oc2cccnn2)CC1. The summed E-state index contributed by atoms with van der Waals surface area (Å²) in [5.74, 6) is 0.550. The zero-order valence-electron chi connectivity index (χ0n) is 10.5. The molecule has 1 saturated heterocycles. The first-order valence-electron chi connectivity index (χ1n) is 6.26. The molecule has 2 amide bonds. The van der Waals surface area contributed by atoms with E-state index in [1.54, 1.807) is 18.3 Å². The summed E-state index contributed by atoms with van der Waals surface area (Å²) >= 11 is 0. The van der Waals surface area contributed by atoms with Gasteiger partial charge in [0, 0.05) is 44.7 Å². The Morgan fingerprint density at radius 2 is 2.33 bits per heavy atom. The molecule has 0 radical (unpaired) electrons. The second-order valence-corrected chi connectivity index (χ2v) is 4.20. The molecule has 1 N–H and O–H groups in total. The van der Waals surface area contributed by atoms with Crippen molar-refractivity contribution in [1.82, 2.24) is 20.4 Å². The summed E-state index contributed by atoms with van der Waals surface area (Å²) in [6.07, 6.45) is 3.39. The summed E-state index contributed by atoms with van der Waals surface area (Å²) in [5.41, 5.74) is 0. The molecular formula is C12H18N4O2. The van der Waals surface area contributed by atoms with Gasteiger partial charge in [0.1, 0.15) is 6.10 Å². The van der Waals surface area contributed by atoms with E-state index in [1.165, 1.54) is 0 Å². The first-order valence-corrected chi connectivity index (χ1v) is 6.26. The standard InChI is InChI=1S/C12H18N4O2/c1-2-13-12(17)16-8-5-10(6-9-16)18-11-4-3-7-14-15-11/h3-4,7,10H,2,5-6,8-9H2,1H3,(H,13,17). The maximum atomic E-state index is 11.6. The minimum Gasteiger partial charge on any atom is -0.473 e. The predicted octanol–water partition coefficient (Wildman–Crippen LogP) is 1.05.